The number of benzene rings is 3. The van der Waals surface area contributed by atoms with E-state index in [1.165, 1.54) is 12.1 Å². The molecular weight excluding hydrogens is 463 g/mol. The Morgan fingerprint density at radius 1 is 1.09 bits per heavy atom. The molecule has 5 rings (SSSR count). The zero-order valence-electron chi connectivity index (χ0n) is 19.2. The molecule has 35 heavy (non-hydrogen) atoms. The van der Waals surface area contributed by atoms with Crippen molar-refractivity contribution < 1.29 is 14.3 Å². The lowest BCUT2D eigenvalue weighted by Gasteiger charge is -2.32. The lowest BCUT2D eigenvalue weighted by atomic mass is 9.73. The minimum atomic E-state index is -0.989. The van der Waals surface area contributed by atoms with Crippen molar-refractivity contribution in [1.29, 1.82) is 0 Å². The van der Waals surface area contributed by atoms with Gasteiger partial charge in [0.25, 0.3) is 0 Å². The number of nitrogens with zero attached hydrogens (tertiary/aromatic N) is 1. The second-order valence-electron chi connectivity index (χ2n) is 8.91. The number of carboxylic acid groups (broad SMARTS) is 1. The van der Waals surface area contributed by atoms with Gasteiger partial charge in [-0.25, -0.2) is 9.18 Å². The van der Waals surface area contributed by atoms with Gasteiger partial charge in [0, 0.05) is 17.2 Å². The maximum absolute atomic E-state index is 14.0. The Kier molecular flexibility index (Phi) is 6.27. The van der Waals surface area contributed by atoms with Crippen LogP contribution in [0.4, 0.5) is 4.39 Å². The number of aliphatic carboxylic acids is 1. The molecule has 1 aromatic heterocycles. The molecule has 4 aromatic rings. The van der Waals surface area contributed by atoms with Crippen LogP contribution >= 0.6 is 11.6 Å². The normalized spacial score (nSPS) is 14.8. The highest BCUT2D eigenvalue weighted by atomic mass is 35.5. The van der Waals surface area contributed by atoms with Crippen LogP contribution < -0.4 is 0 Å². The molecule has 6 heteroatoms. The summed E-state index contributed by atoms with van der Waals surface area (Å²) < 4.78 is 14.0. The molecule has 0 unspecified atom stereocenters. The highest BCUT2D eigenvalue weighted by Gasteiger charge is 2.28. The molecule has 1 saturated carbocycles. The molecule has 1 fully saturated rings. The molecule has 0 saturated heterocycles. The quantitative estimate of drug-likeness (QED) is 0.219. The molecule has 176 valence electrons. The Morgan fingerprint density at radius 3 is 2.49 bits per heavy atom. The molecule has 2 N–H and O–H groups in total. The first-order valence-electron chi connectivity index (χ1n) is 11.6. The summed E-state index contributed by atoms with van der Waals surface area (Å²) in [6, 6.07) is 18.6. The fraction of sp³-hybridized carbons (Fsp3) is 0.172. The lowest BCUT2D eigenvalue weighted by molar-refractivity contribution is -0.131. The maximum atomic E-state index is 14.0. The van der Waals surface area contributed by atoms with Crippen LogP contribution in [0.5, 0.6) is 0 Å². The number of nitrogens with one attached hydrogen (secondary N) is 1. The maximum Gasteiger partial charge on any atom is 0.328 e. The number of halogens is 2. The number of fused-ring (bicyclic) bond motifs is 1. The first-order chi connectivity index (χ1) is 16.9. The number of aryl methyl sites for hydroxylation is 1. The van der Waals surface area contributed by atoms with Gasteiger partial charge in [-0.05, 0) is 89.4 Å². The Morgan fingerprint density at radius 2 is 1.83 bits per heavy atom. The molecule has 0 spiro atoms. The summed E-state index contributed by atoms with van der Waals surface area (Å²) in [5.41, 5.74) is 7.67. The number of rotatable bonds is 6. The summed E-state index contributed by atoms with van der Waals surface area (Å²) in [4.78, 5) is 10.9. The third-order valence-corrected chi connectivity index (χ3v) is 6.97. The number of H-pyrrole nitrogens is 1. The van der Waals surface area contributed by atoms with Crippen LogP contribution in [-0.2, 0) is 4.79 Å². The average molecular weight is 487 g/mol. The monoisotopic (exact) mass is 486 g/mol. The van der Waals surface area contributed by atoms with Crippen LogP contribution in [0.2, 0.25) is 5.02 Å². The minimum absolute atomic E-state index is 0.306. The van der Waals surface area contributed by atoms with Gasteiger partial charge in [0.2, 0.25) is 0 Å². The molecule has 1 heterocycles. The lowest BCUT2D eigenvalue weighted by Crippen LogP contribution is -2.15. The van der Waals surface area contributed by atoms with Gasteiger partial charge in [0.1, 0.15) is 5.82 Å². The van der Waals surface area contributed by atoms with Gasteiger partial charge in [-0.2, -0.15) is 5.10 Å². The number of carboxylic acids is 1. The summed E-state index contributed by atoms with van der Waals surface area (Å²) in [6.45, 7) is 2.00. The predicted molar refractivity (Wildman–Crippen MR) is 139 cm³/mol. The predicted octanol–water partition coefficient (Wildman–Crippen LogP) is 7.52. The summed E-state index contributed by atoms with van der Waals surface area (Å²) in [6.07, 6.45) is 5.91. The van der Waals surface area contributed by atoms with Gasteiger partial charge >= 0.3 is 5.97 Å². The fourth-order valence-corrected chi connectivity index (χ4v) is 4.93. The van der Waals surface area contributed by atoms with E-state index in [2.05, 4.69) is 22.3 Å². The van der Waals surface area contributed by atoms with Gasteiger partial charge in [-0.1, -0.05) is 54.4 Å². The van der Waals surface area contributed by atoms with Crippen molar-refractivity contribution in [2.75, 3.05) is 0 Å². The first kappa shape index (κ1) is 23.1. The van der Waals surface area contributed by atoms with Crippen molar-refractivity contribution in [3.05, 3.63) is 106 Å². The van der Waals surface area contributed by atoms with E-state index in [4.69, 9.17) is 16.7 Å². The Labute approximate surface area is 207 Å². The van der Waals surface area contributed by atoms with Crippen molar-refractivity contribution in [3.63, 3.8) is 0 Å². The third kappa shape index (κ3) is 4.64. The average Bonchev–Trinajstić information content (AvgIpc) is 3.17. The molecular formula is C29H24ClFN2O2. The SMILES string of the molecule is Cc1[nH]nc2ccc(/C(=C(/c3ccc(F)cc3Cl)C3CCC3)c3ccc(/C=C/C(=O)O)cc3)cc12. The standard InChI is InChI=1S/C29H24ClFN2O2/c1-17-24-15-21(10-13-26(24)33-32-17)28(20-8-5-18(6-9-20)7-14-27(34)35)29(19-3-2-4-19)23-12-11-22(31)16-25(23)30/h5-16,19H,2-4H2,1H3,(H,32,33)(H,34,35)/b14-7+,29-28+. The smallest absolute Gasteiger partial charge is 0.328 e. The molecule has 0 amide bonds. The van der Waals surface area contributed by atoms with E-state index in [0.717, 1.165) is 75.3 Å². The molecule has 0 atom stereocenters. The van der Waals surface area contributed by atoms with E-state index in [0.29, 0.717) is 10.9 Å². The first-order valence-corrected chi connectivity index (χ1v) is 11.9. The number of aromatic amines is 1. The van der Waals surface area contributed by atoms with E-state index < -0.39 is 5.97 Å². The summed E-state index contributed by atoms with van der Waals surface area (Å²) in [7, 11) is 0. The van der Waals surface area contributed by atoms with Gasteiger partial charge in [0.05, 0.1) is 10.5 Å². The summed E-state index contributed by atoms with van der Waals surface area (Å²) in [5.74, 6) is -1.05. The third-order valence-electron chi connectivity index (χ3n) is 6.66. The Bertz CT molecular complexity index is 1480. The van der Waals surface area contributed by atoms with Crippen LogP contribution in [0.3, 0.4) is 0 Å². The summed E-state index contributed by atoms with van der Waals surface area (Å²) in [5, 5.41) is 17.8. The van der Waals surface area contributed by atoms with E-state index in [1.54, 1.807) is 12.1 Å². The second-order valence-corrected chi connectivity index (χ2v) is 9.32. The Balaban J connectivity index is 1.76. The highest BCUT2D eigenvalue weighted by Crippen LogP contribution is 2.47. The molecule has 1 aliphatic carbocycles. The van der Waals surface area contributed by atoms with E-state index in [1.807, 2.05) is 37.3 Å². The molecule has 4 nitrogen and oxygen atoms in total. The zero-order chi connectivity index (χ0) is 24.5. The molecule has 0 radical (unpaired) electrons. The van der Waals surface area contributed by atoms with Crippen LogP contribution in [0.1, 0.15) is 47.2 Å². The largest absolute Gasteiger partial charge is 0.478 e. The van der Waals surface area contributed by atoms with E-state index in [9.17, 15) is 9.18 Å². The van der Waals surface area contributed by atoms with Gasteiger partial charge in [-0.15, -0.1) is 0 Å². The van der Waals surface area contributed by atoms with Crippen LogP contribution in [0, 0.1) is 18.7 Å². The number of hydrogen-bond donors (Lipinski definition) is 2. The van der Waals surface area contributed by atoms with Crippen LogP contribution in [0.25, 0.3) is 28.1 Å². The van der Waals surface area contributed by atoms with E-state index >= 15 is 0 Å². The Hall–Kier alpha value is -3.70. The molecule has 0 bridgehead atoms. The van der Waals surface area contributed by atoms with Crippen LogP contribution in [0.15, 0.2) is 66.7 Å². The van der Waals surface area contributed by atoms with Crippen molar-refractivity contribution in [2.24, 2.45) is 5.92 Å². The van der Waals surface area contributed by atoms with Crippen molar-refractivity contribution in [1.82, 2.24) is 10.2 Å². The van der Waals surface area contributed by atoms with Crippen molar-refractivity contribution in [2.45, 2.75) is 26.2 Å². The molecule has 0 aliphatic heterocycles. The zero-order valence-corrected chi connectivity index (χ0v) is 19.9. The second kappa shape index (κ2) is 9.51. The number of hydrogen-bond acceptors (Lipinski definition) is 2. The molecule has 3 aromatic carbocycles. The van der Waals surface area contributed by atoms with Gasteiger partial charge in [-0.3, -0.25) is 5.10 Å². The van der Waals surface area contributed by atoms with E-state index in [-0.39, 0.29) is 5.82 Å². The number of allylic oxidation sites excluding steroid dienone is 1. The minimum Gasteiger partial charge on any atom is -0.478 e. The highest BCUT2D eigenvalue weighted by molar-refractivity contribution is 6.32. The van der Waals surface area contributed by atoms with Gasteiger partial charge in [0.15, 0.2) is 0 Å². The van der Waals surface area contributed by atoms with Crippen molar-refractivity contribution in [3.8, 4) is 0 Å². The number of carbonyl (C=O) groups is 1. The topological polar surface area (TPSA) is 66.0 Å². The fourth-order valence-electron chi connectivity index (χ4n) is 4.66. The number of aromatic nitrogens is 2. The molecule has 1 aliphatic rings. The summed E-state index contributed by atoms with van der Waals surface area (Å²) >= 11 is 6.61. The van der Waals surface area contributed by atoms with Crippen LogP contribution in [-0.4, -0.2) is 21.3 Å². The van der Waals surface area contributed by atoms with Gasteiger partial charge < -0.3 is 5.11 Å². The van der Waals surface area contributed by atoms with Crippen molar-refractivity contribution >= 4 is 45.7 Å².